The Labute approximate surface area is 128 Å². The van der Waals surface area contributed by atoms with Crippen molar-refractivity contribution in [2.24, 2.45) is 5.92 Å². The van der Waals surface area contributed by atoms with Crippen LogP contribution in [0.2, 0.25) is 0 Å². The van der Waals surface area contributed by atoms with Gasteiger partial charge in [0, 0.05) is 18.5 Å². The van der Waals surface area contributed by atoms with Gasteiger partial charge in [-0.05, 0) is 49.1 Å². The molecule has 0 spiro atoms. The van der Waals surface area contributed by atoms with E-state index in [-0.39, 0.29) is 5.25 Å². The van der Waals surface area contributed by atoms with E-state index in [9.17, 15) is 8.42 Å². The van der Waals surface area contributed by atoms with Gasteiger partial charge in [-0.25, -0.2) is 8.42 Å². The smallest absolute Gasteiger partial charge is 0.150 e. The first-order chi connectivity index (χ1) is 10.0. The van der Waals surface area contributed by atoms with Crippen molar-refractivity contribution in [3.63, 3.8) is 0 Å². The summed E-state index contributed by atoms with van der Waals surface area (Å²) in [5, 5.41) is 3.42. The van der Waals surface area contributed by atoms with Gasteiger partial charge in [0.1, 0.15) is 9.84 Å². The van der Waals surface area contributed by atoms with Crippen LogP contribution in [0.4, 0.5) is 5.69 Å². The number of para-hydroxylation sites is 1. The number of anilines is 1. The van der Waals surface area contributed by atoms with Crippen molar-refractivity contribution in [1.82, 2.24) is 0 Å². The molecule has 3 rings (SSSR count). The number of benzene rings is 1. The van der Waals surface area contributed by atoms with Crippen LogP contribution in [0.25, 0.3) is 0 Å². The fourth-order valence-corrected chi connectivity index (χ4v) is 5.09. The van der Waals surface area contributed by atoms with Crippen LogP contribution in [-0.2, 0) is 22.7 Å². The van der Waals surface area contributed by atoms with Gasteiger partial charge in [0.2, 0.25) is 0 Å². The molecule has 116 valence electrons. The monoisotopic (exact) mass is 307 g/mol. The highest BCUT2D eigenvalue weighted by atomic mass is 32.2. The van der Waals surface area contributed by atoms with Crippen molar-refractivity contribution in [2.75, 3.05) is 18.1 Å². The lowest BCUT2D eigenvalue weighted by Gasteiger charge is -2.29. The number of fused-ring (bicyclic) bond motifs is 1. The SMILES string of the molecule is CS(=O)(=O)C1CCCC(Cc2cccc3c2NCCC3)C1. The first-order valence-electron chi connectivity index (χ1n) is 8.07. The number of rotatable bonds is 3. The van der Waals surface area contributed by atoms with Crippen molar-refractivity contribution in [3.05, 3.63) is 29.3 Å². The zero-order valence-electron chi connectivity index (χ0n) is 12.8. The summed E-state index contributed by atoms with van der Waals surface area (Å²) in [6.45, 7) is 1.06. The van der Waals surface area contributed by atoms with Crippen molar-refractivity contribution in [3.8, 4) is 0 Å². The number of nitrogens with one attached hydrogen (secondary N) is 1. The van der Waals surface area contributed by atoms with Crippen LogP contribution in [0.15, 0.2) is 18.2 Å². The Morgan fingerprint density at radius 1 is 1.24 bits per heavy atom. The molecule has 1 aromatic rings. The molecule has 0 amide bonds. The predicted octanol–water partition coefficient (Wildman–Crippen LogP) is 3.19. The Balaban J connectivity index is 1.75. The van der Waals surface area contributed by atoms with Crippen LogP contribution in [0.5, 0.6) is 0 Å². The quantitative estimate of drug-likeness (QED) is 0.933. The topological polar surface area (TPSA) is 46.2 Å². The van der Waals surface area contributed by atoms with Crippen molar-refractivity contribution >= 4 is 15.5 Å². The summed E-state index contributed by atoms with van der Waals surface area (Å²) < 4.78 is 23.6. The molecule has 1 aliphatic heterocycles. The lowest BCUT2D eigenvalue weighted by Crippen LogP contribution is -2.28. The molecule has 1 fully saturated rings. The summed E-state index contributed by atoms with van der Waals surface area (Å²) in [5.74, 6) is 0.508. The van der Waals surface area contributed by atoms with E-state index in [1.165, 1.54) is 29.5 Å². The summed E-state index contributed by atoms with van der Waals surface area (Å²) in [6.07, 6.45) is 8.67. The number of hydrogen-bond donors (Lipinski definition) is 1. The molecule has 0 aromatic heterocycles. The van der Waals surface area contributed by atoms with Gasteiger partial charge in [0.05, 0.1) is 5.25 Å². The second-order valence-corrected chi connectivity index (χ2v) is 9.00. The predicted molar refractivity (Wildman–Crippen MR) is 87.5 cm³/mol. The fraction of sp³-hybridized carbons (Fsp3) is 0.647. The molecule has 1 heterocycles. The summed E-state index contributed by atoms with van der Waals surface area (Å²) in [5.41, 5.74) is 4.13. The molecule has 0 bridgehead atoms. The van der Waals surface area contributed by atoms with Crippen LogP contribution in [0, 0.1) is 5.92 Å². The van der Waals surface area contributed by atoms with E-state index in [0.29, 0.717) is 5.92 Å². The summed E-state index contributed by atoms with van der Waals surface area (Å²) in [4.78, 5) is 0. The second kappa shape index (κ2) is 5.99. The zero-order chi connectivity index (χ0) is 14.9. The van der Waals surface area contributed by atoms with Crippen molar-refractivity contribution < 1.29 is 8.42 Å². The van der Waals surface area contributed by atoms with E-state index < -0.39 is 9.84 Å². The van der Waals surface area contributed by atoms with Gasteiger partial charge < -0.3 is 5.32 Å². The maximum absolute atomic E-state index is 11.8. The molecule has 2 unspecified atom stereocenters. The van der Waals surface area contributed by atoms with Gasteiger partial charge in [0.25, 0.3) is 0 Å². The fourth-order valence-electron chi connectivity index (χ4n) is 3.88. The van der Waals surface area contributed by atoms with Gasteiger partial charge in [-0.2, -0.15) is 0 Å². The number of sulfone groups is 1. The molecule has 21 heavy (non-hydrogen) atoms. The Bertz CT molecular complexity index is 609. The number of aryl methyl sites for hydroxylation is 1. The van der Waals surface area contributed by atoms with Crippen LogP contribution in [0.1, 0.15) is 43.2 Å². The largest absolute Gasteiger partial charge is 0.385 e. The minimum atomic E-state index is -2.88. The van der Waals surface area contributed by atoms with Crippen LogP contribution < -0.4 is 5.32 Å². The average Bonchev–Trinajstić information content (AvgIpc) is 2.47. The van der Waals surface area contributed by atoms with Gasteiger partial charge in [-0.3, -0.25) is 0 Å². The molecule has 2 atom stereocenters. The van der Waals surface area contributed by atoms with Crippen molar-refractivity contribution in [2.45, 2.75) is 50.2 Å². The lowest BCUT2D eigenvalue weighted by molar-refractivity contribution is 0.356. The molecule has 2 aliphatic rings. The zero-order valence-corrected chi connectivity index (χ0v) is 13.6. The highest BCUT2D eigenvalue weighted by molar-refractivity contribution is 7.91. The van der Waals surface area contributed by atoms with Gasteiger partial charge in [0.15, 0.2) is 0 Å². The average molecular weight is 307 g/mol. The minimum Gasteiger partial charge on any atom is -0.385 e. The molecular weight excluding hydrogens is 282 g/mol. The molecule has 3 nitrogen and oxygen atoms in total. The molecule has 0 radical (unpaired) electrons. The Morgan fingerprint density at radius 2 is 2.10 bits per heavy atom. The van der Waals surface area contributed by atoms with Crippen LogP contribution in [-0.4, -0.2) is 26.5 Å². The van der Waals surface area contributed by atoms with E-state index in [2.05, 4.69) is 23.5 Å². The summed E-state index contributed by atoms with van der Waals surface area (Å²) >= 11 is 0. The molecule has 4 heteroatoms. The molecule has 0 saturated heterocycles. The summed E-state index contributed by atoms with van der Waals surface area (Å²) in [7, 11) is -2.88. The Kier molecular flexibility index (Phi) is 4.25. The molecule has 1 aliphatic carbocycles. The standard InChI is InChI=1S/C17H25NO2S/c1-21(19,20)16-9-2-5-13(12-16)11-15-7-3-6-14-8-4-10-18-17(14)15/h3,6-7,13,16,18H,2,4-5,8-12H2,1H3. The molecule has 1 aromatic carbocycles. The Morgan fingerprint density at radius 3 is 2.90 bits per heavy atom. The molecular formula is C17H25NO2S. The van der Waals surface area contributed by atoms with Crippen molar-refractivity contribution in [1.29, 1.82) is 0 Å². The number of hydrogen-bond acceptors (Lipinski definition) is 3. The third kappa shape index (κ3) is 3.42. The van der Waals surface area contributed by atoms with Gasteiger partial charge in [-0.15, -0.1) is 0 Å². The lowest BCUT2D eigenvalue weighted by atomic mass is 9.83. The highest BCUT2D eigenvalue weighted by Crippen LogP contribution is 2.34. The van der Waals surface area contributed by atoms with E-state index in [4.69, 9.17) is 0 Å². The van der Waals surface area contributed by atoms with Gasteiger partial charge in [-0.1, -0.05) is 31.0 Å². The summed E-state index contributed by atoms with van der Waals surface area (Å²) in [6, 6.07) is 6.57. The maximum atomic E-state index is 11.8. The highest BCUT2D eigenvalue weighted by Gasteiger charge is 2.29. The van der Waals surface area contributed by atoms with E-state index in [1.54, 1.807) is 0 Å². The first kappa shape index (κ1) is 14.9. The molecule has 1 N–H and O–H groups in total. The Hall–Kier alpha value is -1.03. The second-order valence-electron chi connectivity index (χ2n) is 6.67. The molecule has 1 saturated carbocycles. The third-order valence-electron chi connectivity index (χ3n) is 5.01. The maximum Gasteiger partial charge on any atom is 0.150 e. The minimum absolute atomic E-state index is 0.122. The van der Waals surface area contributed by atoms with Crippen LogP contribution in [0.3, 0.4) is 0 Å². The van der Waals surface area contributed by atoms with Gasteiger partial charge >= 0.3 is 0 Å². The van der Waals surface area contributed by atoms with Crippen LogP contribution >= 0.6 is 0 Å². The normalized spacial score (nSPS) is 26.0. The van der Waals surface area contributed by atoms with E-state index in [1.807, 2.05) is 0 Å². The third-order valence-corrected chi connectivity index (χ3v) is 6.65. The van der Waals surface area contributed by atoms with E-state index >= 15 is 0 Å². The van der Waals surface area contributed by atoms with E-state index in [0.717, 1.165) is 45.1 Å². The first-order valence-corrected chi connectivity index (χ1v) is 10.0.